The van der Waals surface area contributed by atoms with Gasteiger partial charge in [0.25, 0.3) is 5.91 Å². The van der Waals surface area contributed by atoms with Gasteiger partial charge in [-0.1, -0.05) is 19.9 Å². The van der Waals surface area contributed by atoms with E-state index in [1.165, 1.54) is 25.8 Å². The average molecular weight is 367 g/mol. The zero-order valence-corrected chi connectivity index (χ0v) is 16.3. The third-order valence-corrected chi connectivity index (χ3v) is 5.92. The number of nitrogens with one attached hydrogen (secondary N) is 2. The standard InChI is InChI=1S/C21H29N5O/c1-3-10-26(4-2)15-8-11-25(12-9-15)14-19-17-13-22-18-7-5-6-16(20(17)18)21(27)24-23-19/h5-7,13,15,22H,3-4,8-12,14H2,1-2H3,(H,24,27). The maximum absolute atomic E-state index is 12.4. The summed E-state index contributed by atoms with van der Waals surface area (Å²) >= 11 is 0. The van der Waals surface area contributed by atoms with Gasteiger partial charge in [-0.25, -0.2) is 5.43 Å². The molecule has 1 amide bonds. The van der Waals surface area contributed by atoms with Gasteiger partial charge in [0.15, 0.2) is 0 Å². The lowest BCUT2D eigenvalue weighted by molar-refractivity contribution is 0.0956. The van der Waals surface area contributed by atoms with Crippen molar-refractivity contribution in [3.05, 3.63) is 35.5 Å². The van der Waals surface area contributed by atoms with Crippen LogP contribution in [0.2, 0.25) is 0 Å². The SMILES string of the molecule is CCCN(CC)C1CCN(CC2=NNC(=O)c3cccc4[nH]cc2c34)CC1. The molecule has 144 valence electrons. The molecule has 0 bridgehead atoms. The van der Waals surface area contributed by atoms with Crippen LogP contribution in [0.4, 0.5) is 0 Å². The van der Waals surface area contributed by atoms with E-state index in [4.69, 9.17) is 0 Å². The first-order valence-electron chi connectivity index (χ1n) is 10.1. The lowest BCUT2D eigenvalue weighted by Gasteiger charge is -2.38. The third kappa shape index (κ3) is 3.51. The van der Waals surface area contributed by atoms with E-state index in [2.05, 4.69) is 39.2 Å². The summed E-state index contributed by atoms with van der Waals surface area (Å²) in [5, 5.41) is 5.44. The fourth-order valence-electron chi connectivity index (χ4n) is 4.50. The summed E-state index contributed by atoms with van der Waals surface area (Å²) in [6.07, 6.45) is 5.60. The lowest BCUT2D eigenvalue weighted by atomic mass is 10.0. The van der Waals surface area contributed by atoms with E-state index in [1.54, 1.807) is 0 Å². The van der Waals surface area contributed by atoms with Crippen LogP contribution in [0.15, 0.2) is 29.5 Å². The van der Waals surface area contributed by atoms with E-state index in [9.17, 15) is 4.79 Å². The van der Waals surface area contributed by atoms with E-state index in [-0.39, 0.29) is 5.91 Å². The number of hydrazone groups is 1. The van der Waals surface area contributed by atoms with Crippen LogP contribution in [-0.2, 0) is 0 Å². The molecular weight excluding hydrogens is 338 g/mol. The molecular formula is C21H29N5O. The van der Waals surface area contributed by atoms with Crippen LogP contribution in [0, 0.1) is 0 Å². The number of H-pyrrole nitrogens is 1. The molecule has 1 aromatic heterocycles. The van der Waals surface area contributed by atoms with Crippen LogP contribution >= 0.6 is 0 Å². The topological polar surface area (TPSA) is 63.7 Å². The van der Waals surface area contributed by atoms with E-state index in [0.717, 1.165) is 48.4 Å². The maximum Gasteiger partial charge on any atom is 0.272 e. The van der Waals surface area contributed by atoms with Crippen molar-refractivity contribution in [1.82, 2.24) is 20.2 Å². The van der Waals surface area contributed by atoms with Crippen molar-refractivity contribution in [3.63, 3.8) is 0 Å². The molecule has 2 aliphatic rings. The minimum Gasteiger partial charge on any atom is -0.360 e. The summed E-state index contributed by atoms with van der Waals surface area (Å²) in [5.41, 5.74) is 6.40. The molecule has 0 unspecified atom stereocenters. The second kappa shape index (κ2) is 7.82. The zero-order chi connectivity index (χ0) is 18.8. The largest absolute Gasteiger partial charge is 0.360 e. The smallest absolute Gasteiger partial charge is 0.272 e. The number of benzene rings is 1. The number of rotatable bonds is 6. The highest BCUT2D eigenvalue weighted by molar-refractivity contribution is 6.19. The Morgan fingerprint density at radius 2 is 2.04 bits per heavy atom. The van der Waals surface area contributed by atoms with Gasteiger partial charge < -0.3 is 9.88 Å². The van der Waals surface area contributed by atoms with Gasteiger partial charge in [-0.15, -0.1) is 0 Å². The summed E-state index contributed by atoms with van der Waals surface area (Å²) in [6.45, 7) is 9.77. The van der Waals surface area contributed by atoms with E-state index in [1.807, 2.05) is 24.4 Å². The Kier molecular flexibility index (Phi) is 5.27. The number of amides is 1. The number of likely N-dealkylation sites (tertiary alicyclic amines) is 1. The van der Waals surface area contributed by atoms with Crippen molar-refractivity contribution in [2.24, 2.45) is 5.10 Å². The number of aromatic nitrogens is 1. The van der Waals surface area contributed by atoms with Gasteiger partial charge in [-0.2, -0.15) is 5.10 Å². The van der Waals surface area contributed by atoms with Gasteiger partial charge >= 0.3 is 0 Å². The van der Waals surface area contributed by atoms with Crippen molar-refractivity contribution in [2.75, 3.05) is 32.7 Å². The lowest BCUT2D eigenvalue weighted by Crippen LogP contribution is -2.46. The molecule has 27 heavy (non-hydrogen) atoms. The van der Waals surface area contributed by atoms with Gasteiger partial charge in [0.2, 0.25) is 0 Å². The third-order valence-electron chi connectivity index (χ3n) is 5.92. The normalized spacial score (nSPS) is 18.6. The number of carbonyl (C=O) groups is 1. The fraction of sp³-hybridized carbons (Fsp3) is 0.524. The second-order valence-electron chi connectivity index (χ2n) is 7.57. The number of carbonyl (C=O) groups excluding carboxylic acids is 1. The van der Waals surface area contributed by atoms with Crippen molar-refractivity contribution in [2.45, 2.75) is 39.2 Å². The number of hydrogen-bond donors (Lipinski definition) is 2. The Morgan fingerprint density at radius 1 is 1.22 bits per heavy atom. The Morgan fingerprint density at radius 3 is 2.78 bits per heavy atom. The molecule has 2 aliphatic heterocycles. The monoisotopic (exact) mass is 367 g/mol. The molecule has 0 aliphatic carbocycles. The van der Waals surface area contributed by atoms with Crippen molar-refractivity contribution in [1.29, 1.82) is 0 Å². The molecule has 6 heteroatoms. The molecule has 6 nitrogen and oxygen atoms in total. The Balaban J connectivity index is 1.48. The van der Waals surface area contributed by atoms with E-state index in [0.29, 0.717) is 11.6 Å². The molecule has 0 spiro atoms. The fourth-order valence-corrected chi connectivity index (χ4v) is 4.50. The number of aromatic amines is 1. The second-order valence-corrected chi connectivity index (χ2v) is 7.57. The number of nitrogens with zero attached hydrogens (tertiary/aromatic N) is 3. The first kappa shape index (κ1) is 18.2. The molecule has 3 heterocycles. The molecule has 1 aromatic carbocycles. The van der Waals surface area contributed by atoms with E-state index < -0.39 is 0 Å². The molecule has 2 N–H and O–H groups in total. The molecule has 1 saturated heterocycles. The quantitative estimate of drug-likeness (QED) is 0.825. The van der Waals surface area contributed by atoms with Gasteiger partial charge in [0, 0.05) is 48.3 Å². The molecule has 4 rings (SSSR count). The van der Waals surface area contributed by atoms with Crippen LogP contribution < -0.4 is 5.43 Å². The van der Waals surface area contributed by atoms with Crippen LogP contribution in [0.25, 0.3) is 10.9 Å². The van der Waals surface area contributed by atoms with Gasteiger partial charge in [-0.05, 0) is 44.5 Å². The highest BCUT2D eigenvalue weighted by Crippen LogP contribution is 2.26. The van der Waals surface area contributed by atoms with Gasteiger partial charge in [0.1, 0.15) is 0 Å². The van der Waals surface area contributed by atoms with Crippen molar-refractivity contribution >= 4 is 22.5 Å². The summed E-state index contributed by atoms with van der Waals surface area (Å²) in [7, 11) is 0. The van der Waals surface area contributed by atoms with E-state index >= 15 is 0 Å². The average Bonchev–Trinajstić information content (AvgIpc) is 3.08. The molecule has 0 radical (unpaired) electrons. The van der Waals surface area contributed by atoms with Gasteiger partial charge in [-0.3, -0.25) is 9.69 Å². The molecule has 1 fully saturated rings. The maximum atomic E-state index is 12.4. The predicted molar refractivity (Wildman–Crippen MR) is 109 cm³/mol. The summed E-state index contributed by atoms with van der Waals surface area (Å²) in [5.74, 6) is -0.131. The first-order valence-corrected chi connectivity index (χ1v) is 10.1. The van der Waals surface area contributed by atoms with Crippen molar-refractivity contribution < 1.29 is 4.79 Å². The Bertz CT molecular complexity index is 847. The Hall–Kier alpha value is -2.18. The minimum absolute atomic E-state index is 0.131. The predicted octanol–water partition coefficient (Wildman–Crippen LogP) is 2.81. The van der Waals surface area contributed by atoms with Crippen LogP contribution in [0.5, 0.6) is 0 Å². The summed E-state index contributed by atoms with van der Waals surface area (Å²) in [6, 6.07) is 6.48. The van der Waals surface area contributed by atoms with Crippen LogP contribution in [0.1, 0.15) is 49.0 Å². The highest BCUT2D eigenvalue weighted by Gasteiger charge is 2.26. The molecule has 2 aromatic rings. The van der Waals surface area contributed by atoms with Gasteiger partial charge in [0.05, 0.1) is 11.3 Å². The van der Waals surface area contributed by atoms with Crippen LogP contribution in [-0.4, -0.2) is 65.2 Å². The molecule has 0 atom stereocenters. The summed E-state index contributed by atoms with van der Waals surface area (Å²) in [4.78, 5) is 20.8. The highest BCUT2D eigenvalue weighted by atomic mass is 16.2. The number of piperidine rings is 1. The first-order chi connectivity index (χ1) is 13.2. The van der Waals surface area contributed by atoms with Crippen LogP contribution in [0.3, 0.4) is 0 Å². The molecule has 0 saturated carbocycles. The van der Waals surface area contributed by atoms with Crippen molar-refractivity contribution in [3.8, 4) is 0 Å². The number of hydrogen-bond acceptors (Lipinski definition) is 4. The summed E-state index contributed by atoms with van der Waals surface area (Å²) < 4.78 is 0. The zero-order valence-electron chi connectivity index (χ0n) is 16.3. The minimum atomic E-state index is -0.131. The Labute approximate surface area is 160 Å².